The van der Waals surface area contributed by atoms with E-state index >= 15 is 0 Å². The number of sulfone groups is 1. The van der Waals surface area contributed by atoms with E-state index in [0.717, 1.165) is 12.8 Å². The van der Waals surface area contributed by atoms with E-state index < -0.39 is 9.84 Å². The molecular weight excluding hydrogens is 314 g/mol. The molecule has 2 aliphatic rings. The molecule has 126 valence electrons. The molecule has 2 heterocycles. The second-order valence-electron chi connectivity index (χ2n) is 6.45. The number of carbonyl (C=O) groups is 1. The Kier molecular flexibility index (Phi) is 4.36. The third-order valence-corrected chi connectivity index (χ3v) is 6.54. The van der Waals surface area contributed by atoms with Crippen LogP contribution < -0.4 is 4.74 Å². The fourth-order valence-corrected chi connectivity index (χ4v) is 5.02. The van der Waals surface area contributed by atoms with Gasteiger partial charge in [-0.25, -0.2) is 8.42 Å². The fraction of sp³-hybridized carbons (Fsp3) is 0.588. The zero-order valence-electron chi connectivity index (χ0n) is 13.6. The van der Waals surface area contributed by atoms with Crippen LogP contribution in [-0.2, 0) is 9.84 Å². The van der Waals surface area contributed by atoms with Gasteiger partial charge in [0.25, 0.3) is 5.91 Å². The lowest BCUT2D eigenvalue weighted by molar-refractivity contribution is 0.0594. The highest BCUT2D eigenvalue weighted by molar-refractivity contribution is 7.91. The minimum Gasteiger partial charge on any atom is -0.493 e. The van der Waals surface area contributed by atoms with Crippen LogP contribution in [0.5, 0.6) is 5.75 Å². The third kappa shape index (κ3) is 3.09. The van der Waals surface area contributed by atoms with Gasteiger partial charge in [0, 0.05) is 18.3 Å². The second-order valence-corrected chi connectivity index (χ2v) is 8.78. The van der Waals surface area contributed by atoms with Crippen molar-refractivity contribution in [3.63, 3.8) is 0 Å². The molecule has 2 fully saturated rings. The van der Waals surface area contributed by atoms with E-state index in [2.05, 4.69) is 0 Å². The maximum atomic E-state index is 13.0. The number of hydrogen-bond donors (Lipinski definition) is 0. The molecule has 0 saturated carbocycles. The Hall–Kier alpha value is -1.56. The van der Waals surface area contributed by atoms with Gasteiger partial charge in [-0.2, -0.15) is 0 Å². The van der Waals surface area contributed by atoms with E-state index in [1.54, 1.807) is 6.07 Å². The average Bonchev–Trinajstić information content (AvgIpc) is 2.76. The fourth-order valence-electron chi connectivity index (χ4n) is 3.87. The molecule has 23 heavy (non-hydrogen) atoms. The SMILES string of the molecule is CCOc1ccccc1C(=O)N1C2CCC1CC(S(C)(=O)=O)C2. The molecular formula is C17H23NO4S. The Bertz CT molecular complexity index is 686. The lowest BCUT2D eigenvalue weighted by Crippen LogP contribution is -2.49. The minimum absolute atomic E-state index is 0.0238. The van der Waals surface area contributed by atoms with Crippen molar-refractivity contribution in [2.24, 2.45) is 0 Å². The first-order valence-corrected chi connectivity index (χ1v) is 10.1. The normalized spacial score (nSPS) is 27.0. The highest BCUT2D eigenvalue weighted by Gasteiger charge is 2.46. The number of benzene rings is 1. The molecule has 1 aromatic carbocycles. The summed E-state index contributed by atoms with van der Waals surface area (Å²) < 4.78 is 29.3. The van der Waals surface area contributed by atoms with Crippen LogP contribution in [0.3, 0.4) is 0 Å². The Balaban J connectivity index is 1.85. The highest BCUT2D eigenvalue weighted by Crippen LogP contribution is 2.39. The average molecular weight is 337 g/mol. The summed E-state index contributed by atoms with van der Waals surface area (Å²) in [6.07, 6.45) is 4.19. The van der Waals surface area contributed by atoms with Crippen LogP contribution in [0.2, 0.25) is 0 Å². The lowest BCUT2D eigenvalue weighted by Gasteiger charge is -2.38. The standard InChI is InChI=1S/C17H23NO4S/c1-3-22-16-7-5-4-6-15(16)17(19)18-12-8-9-13(18)11-14(10-12)23(2,20)21/h4-7,12-14H,3,8-11H2,1-2H3. The smallest absolute Gasteiger partial charge is 0.258 e. The van der Waals surface area contributed by atoms with Crippen LogP contribution in [0.15, 0.2) is 24.3 Å². The number of para-hydroxylation sites is 1. The molecule has 3 rings (SSSR count). The van der Waals surface area contributed by atoms with Gasteiger partial charge >= 0.3 is 0 Å². The molecule has 0 spiro atoms. The topological polar surface area (TPSA) is 63.7 Å². The number of hydrogen-bond acceptors (Lipinski definition) is 4. The van der Waals surface area contributed by atoms with Gasteiger partial charge in [0.15, 0.2) is 0 Å². The van der Waals surface area contributed by atoms with E-state index in [1.165, 1.54) is 6.26 Å². The van der Waals surface area contributed by atoms with Crippen molar-refractivity contribution >= 4 is 15.7 Å². The summed E-state index contributed by atoms with van der Waals surface area (Å²) in [4.78, 5) is 14.9. The van der Waals surface area contributed by atoms with Gasteiger partial charge in [0.1, 0.15) is 15.6 Å². The number of carbonyl (C=O) groups excluding carboxylic acids is 1. The van der Waals surface area contributed by atoms with E-state index in [0.29, 0.717) is 30.8 Å². The first kappa shape index (κ1) is 16.3. The van der Waals surface area contributed by atoms with Gasteiger partial charge in [-0.3, -0.25) is 4.79 Å². The molecule has 0 radical (unpaired) electrons. The molecule has 2 unspecified atom stereocenters. The molecule has 5 nitrogen and oxygen atoms in total. The predicted molar refractivity (Wildman–Crippen MR) is 88.5 cm³/mol. The molecule has 0 aromatic heterocycles. The zero-order valence-corrected chi connectivity index (χ0v) is 14.4. The third-order valence-electron chi connectivity index (χ3n) is 4.95. The number of piperidine rings is 1. The first-order valence-electron chi connectivity index (χ1n) is 8.15. The molecule has 6 heteroatoms. The van der Waals surface area contributed by atoms with Crippen LogP contribution in [0, 0.1) is 0 Å². The maximum Gasteiger partial charge on any atom is 0.258 e. The summed E-state index contributed by atoms with van der Waals surface area (Å²) in [5.41, 5.74) is 0.573. The number of amides is 1. The van der Waals surface area contributed by atoms with Crippen molar-refractivity contribution in [1.82, 2.24) is 4.90 Å². The van der Waals surface area contributed by atoms with Crippen molar-refractivity contribution in [3.05, 3.63) is 29.8 Å². The lowest BCUT2D eigenvalue weighted by atomic mass is 10.0. The van der Waals surface area contributed by atoms with E-state index in [9.17, 15) is 13.2 Å². The van der Waals surface area contributed by atoms with Crippen LogP contribution in [0.25, 0.3) is 0 Å². The van der Waals surface area contributed by atoms with Gasteiger partial charge in [-0.05, 0) is 44.7 Å². The Labute approximate surface area is 137 Å². The van der Waals surface area contributed by atoms with Gasteiger partial charge in [0.05, 0.1) is 17.4 Å². The van der Waals surface area contributed by atoms with Gasteiger partial charge in [-0.1, -0.05) is 12.1 Å². The molecule has 2 bridgehead atoms. The van der Waals surface area contributed by atoms with E-state index in [4.69, 9.17) is 4.74 Å². The van der Waals surface area contributed by atoms with Crippen molar-refractivity contribution in [3.8, 4) is 5.75 Å². The molecule has 2 aliphatic heterocycles. The number of ether oxygens (including phenoxy) is 1. The second kappa shape index (κ2) is 6.15. The number of rotatable bonds is 4. The quantitative estimate of drug-likeness (QED) is 0.845. The van der Waals surface area contributed by atoms with Crippen molar-refractivity contribution < 1.29 is 17.9 Å². The number of fused-ring (bicyclic) bond motifs is 2. The summed E-state index contributed by atoms with van der Waals surface area (Å²) in [6, 6.07) is 7.33. The van der Waals surface area contributed by atoms with Crippen LogP contribution in [0.1, 0.15) is 43.0 Å². The molecule has 1 amide bonds. The highest BCUT2D eigenvalue weighted by atomic mass is 32.2. The Morgan fingerprint density at radius 2 is 1.83 bits per heavy atom. The summed E-state index contributed by atoms with van der Waals surface area (Å²) >= 11 is 0. The van der Waals surface area contributed by atoms with Crippen molar-refractivity contribution in [2.75, 3.05) is 12.9 Å². The van der Waals surface area contributed by atoms with E-state index in [-0.39, 0.29) is 23.2 Å². The Morgan fingerprint density at radius 1 is 1.22 bits per heavy atom. The molecule has 0 aliphatic carbocycles. The molecule has 2 atom stereocenters. The summed E-state index contributed by atoms with van der Waals surface area (Å²) in [5.74, 6) is 0.568. The van der Waals surface area contributed by atoms with Gasteiger partial charge < -0.3 is 9.64 Å². The zero-order chi connectivity index (χ0) is 16.6. The largest absolute Gasteiger partial charge is 0.493 e. The van der Waals surface area contributed by atoms with Crippen molar-refractivity contribution in [1.29, 1.82) is 0 Å². The maximum absolute atomic E-state index is 13.0. The Morgan fingerprint density at radius 3 is 2.39 bits per heavy atom. The monoisotopic (exact) mass is 337 g/mol. The van der Waals surface area contributed by atoms with Crippen LogP contribution >= 0.6 is 0 Å². The van der Waals surface area contributed by atoms with Gasteiger partial charge in [0.2, 0.25) is 0 Å². The summed E-state index contributed by atoms with van der Waals surface area (Å²) in [5, 5.41) is -0.314. The minimum atomic E-state index is -3.04. The predicted octanol–water partition coefficient (Wildman–Crippen LogP) is 2.27. The molecule has 0 N–H and O–H groups in total. The molecule has 2 saturated heterocycles. The number of nitrogens with zero attached hydrogens (tertiary/aromatic N) is 1. The van der Waals surface area contributed by atoms with E-state index in [1.807, 2.05) is 30.0 Å². The van der Waals surface area contributed by atoms with Crippen molar-refractivity contribution in [2.45, 2.75) is 49.9 Å². The summed E-state index contributed by atoms with van der Waals surface area (Å²) in [7, 11) is -3.04. The first-order chi connectivity index (χ1) is 10.9. The van der Waals surface area contributed by atoms with Crippen LogP contribution in [-0.4, -0.2) is 49.4 Å². The molecule has 1 aromatic rings. The van der Waals surface area contributed by atoms with Crippen LogP contribution in [0.4, 0.5) is 0 Å². The summed E-state index contributed by atoms with van der Waals surface area (Å²) in [6.45, 7) is 2.40. The van der Waals surface area contributed by atoms with Gasteiger partial charge in [-0.15, -0.1) is 0 Å².